The summed E-state index contributed by atoms with van der Waals surface area (Å²) in [5.74, 6) is -4.37. The van der Waals surface area contributed by atoms with Gasteiger partial charge in [0.2, 0.25) is 0 Å². The lowest BCUT2D eigenvalue weighted by molar-refractivity contribution is -0.194. The zero-order valence-corrected chi connectivity index (χ0v) is 18.4. The number of carboxylic acids is 1. The molecule has 0 bridgehead atoms. The molecule has 5 nitrogen and oxygen atoms in total. The molecule has 0 radical (unpaired) electrons. The first-order valence-electron chi connectivity index (χ1n) is 10.9. The average Bonchev–Trinajstić information content (AvgIpc) is 3.46. The SMILES string of the molecule is CC/C(=C\c1ccccc1)[C@@H]1C[C@H]1N(C(=O)C(F)(F)F)C1CC2(CNC2)C1.O=C(O)C(F)(F)F. The smallest absolute Gasteiger partial charge is 0.475 e. The number of nitrogens with one attached hydrogen (secondary N) is 1. The highest BCUT2D eigenvalue weighted by molar-refractivity contribution is 5.83. The van der Waals surface area contributed by atoms with Gasteiger partial charge in [0.25, 0.3) is 0 Å². The Kier molecular flexibility index (Phi) is 7.35. The molecule has 1 spiro atoms. The van der Waals surface area contributed by atoms with Crippen LogP contribution in [0.3, 0.4) is 0 Å². The molecule has 1 amide bonds. The number of amides is 1. The minimum atomic E-state index is -5.08. The van der Waals surface area contributed by atoms with Gasteiger partial charge in [-0.2, -0.15) is 26.3 Å². The molecule has 4 rings (SSSR count). The van der Waals surface area contributed by atoms with Crippen LogP contribution in [-0.4, -0.2) is 59.4 Å². The first-order chi connectivity index (χ1) is 15.8. The van der Waals surface area contributed by atoms with Crippen molar-refractivity contribution in [3.63, 3.8) is 0 Å². The minimum absolute atomic E-state index is 0.0394. The zero-order chi connectivity index (χ0) is 25.3. The van der Waals surface area contributed by atoms with Gasteiger partial charge in [-0.05, 0) is 36.7 Å². The Balaban J connectivity index is 0.000000406. The maximum absolute atomic E-state index is 13.2. The third-order valence-corrected chi connectivity index (χ3v) is 6.60. The Morgan fingerprint density at radius 3 is 2.06 bits per heavy atom. The summed E-state index contributed by atoms with van der Waals surface area (Å²) >= 11 is 0. The third-order valence-electron chi connectivity index (χ3n) is 6.60. The van der Waals surface area contributed by atoms with Crippen LogP contribution in [-0.2, 0) is 9.59 Å². The van der Waals surface area contributed by atoms with E-state index in [-0.39, 0.29) is 23.4 Å². The van der Waals surface area contributed by atoms with E-state index in [2.05, 4.69) is 11.4 Å². The van der Waals surface area contributed by atoms with Gasteiger partial charge in [-0.25, -0.2) is 4.79 Å². The van der Waals surface area contributed by atoms with E-state index in [1.807, 2.05) is 37.3 Å². The highest BCUT2D eigenvalue weighted by Gasteiger charge is 2.59. The van der Waals surface area contributed by atoms with Crippen LogP contribution in [0.5, 0.6) is 0 Å². The number of rotatable bonds is 5. The molecular weight excluding hydrogens is 466 g/mol. The molecule has 2 atom stereocenters. The maximum atomic E-state index is 13.2. The van der Waals surface area contributed by atoms with E-state index in [4.69, 9.17) is 9.90 Å². The second kappa shape index (κ2) is 9.59. The number of halogens is 6. The van der Waals surface area contributed by atoms with Crippen LogP contribution < -0.4 is 5.32 Å². The van der Waals surface area contributed by atoms with Gasteiger partial charge < -0.3 is 15.3 Å². The number of carbonyl (C=O) groups is 2. The molecule has 0 unspecified atom stereocenters. The molecular formula is C23H26F6N2O3. The molecule has 1 aromatic carbocycles. The van der Waals surface area contributed by atoms with Crippen LogP contribution >= 0.6 is 0 Å². The zero-order valence-electron chi connectivity index (χ0n) is 18.4. The van der Waals surface area contributed by atoms with Crippen molar-refractivity contribution in [2.75, 3.05) is 13.1 Å². The second-order valence-electron chi connectivity index (χ2n) is 9.07. The molecule has 3 aliphatic rings. The Morgan fingerprint density at radius 1 is 1.09 bits per heavy atom. The summed E-state index contributed by atoms with van der Waals surface area (Å²) in [6.45, 7) is 3.75. The van der Waals surface area contributed by atoms with Crippen molar-refractivity contribution < 1.29 is 41.0 Å². The molecule has 2 saturated carbocycles. The summed E-state index contributed by atoms with van der Waals surface area (Å²) in [6, 6.07) is 9.23. The lowest BCUT2D eigenvalue weighted by atomic mass is 9.61. The molecule has 1 aromatic rings. The normalized spacial score (nSPS) is 23.8. The molecule has 3 fully saturated rings. The quantitative estimate of drug-likeness (QED) is 0.588. The van der Waals surface area contributed by atoms with Crippen molar-refractivity contribution in [3.8, 4) is 0 Å². The van der Waals surface area contributed by atoms with E-state index in [1.165, 1.54) is 4.90 Å². The first kappa shape index (κ1) is 26.1. The molecule has 2 aliphatic carbocycles. The Hall–Kier alpha value is -2.56. The number of carbonyl (C=O) groups excluding carboxylic acids is 1. The van der Waals surface area contributed by atoms with Gasteiger partial charge in [0, 0.05) is 31.1 Å². The molecule has 1 saturated heterocycles. The van der Waals surface area contributed by atoms with E-state index in [1.54, 1.807) is 0 Å². The molecule has 2 N–H and O–H groups in total. The van der Waals surface area contributed by atoms with E-state index in [0.29, 0.717) is 19.3 Å². The van der Waals surface area contributed by atoms with Crippen molar-refractivity contribution in [2.24, 2.45) is 11.3 Å². The lowest BCUT2D eigenvalue weighted by Crippen LogP contribution is -2.67. The van der Waals surface area contributed by atoms with E-state index in [0.717, 1.165) is 30.6 Å². The summed E-state index contributed by atoms with van der Waals surface area (Å²) in [4.78, 5) is 22.3. The van der Waals surface area contributed by atoms with E-state index < -0.39 is 24.2 Å². The van der Waals surface area contributed by atoms with Gasteiger partial charge in [0.05, 0.1) is 0 Å². The van der Waals surface area contributed by atoms with Crippen molar-refractivity contribution in [2.45, 2.75) is 57.0 Å². The van der Waals surface area contributed by atoms with Crippen LogP contribution in [0.15, 0.2) is 35.9 Å². The summed E-state index contributed by atoms with van der Waals surface area (Å²) < 4.78 is 71.4. The van der Waals surface area contributed by atoms with Crippen LogP contribution in [0.25, 0.3) is 6.08 Å². The number of benzene rings is 1. The van der Waals surface area contributed by atoms with Gasteiger partial charge in [0.1, 0.15) is 0 Å². The predicted octanol–water partition coefficient (Wildman–Crippen LogP) is 4.64. The predicted molar refractivity (Wildman–Crippen MR) is 112 cm³/mol. The van der Waals surface area contributed by atoms with Crippen molar-refractivity contribution >= 4 is 18.0 Å². The number of aliphatic carboxylic acids is 1. The van der Waals surface area contributed by atoms with E-state index in [9.17, 15) is 31.1 Å². The van der Waals surface area contributed by atoms with Gasteiger partial charge >= 0.3 is 24.2 Å². The molecule has 34 heavy (non-hydrogen) atoms. The van der Waals surface area contributed by atoms with Crippen LogP contribution in [0, 0.1) is 11.3 Å². The van der Waals surface area contributed by atoms with Crippen LogP contribution in [0.2, 0.25) is 0 Å². The fourth-order valence-corrected chi connectivity index (χ4v) is 4.76. The maximum Gasteiger partial charge on any atom is 0.490 e. The fraction of sp³-hybridized carbons (Fsp3) is 0.565. The van der Waals surface area contributed by atoms with E-state index >= 15 is 0 Å². The highest BCUT2D eigenvalue weighted by Crippen LogP contribution is 2.52. The monoisotopic (exact) mass is 492 g/mol. The summed E-state index contributed by atoms with van der Waals surface area (Å²) in [7, 11) is 0. The van der Waals surface area contributed by atoms with Crippen LogP contribution in [0.4, 0.5) is 26.3 Å². The summed E-state index contributed by atoms with van der Waals surface area (Å²) in [5, 5.41) is 10.3. The molecule has 11 heteroatoms. The summed E-state index contributed by atoms with van der Waals surface area (Å²) in [6.07, 6.45) is -5.02. The third kappa shape index (κ3) is 5.92. The Bertz CT molecular complexity index is 917. The highest BCUT2D eigenvalue weighted by atomic mass is 19.4. The van der Waals surface area contributed by atoms with Gasteiger partial charge in [0.15, 0.2) is 0 Å². The molecule has 0 aromatic heterocycles. The van der Waals surface area contributed by atoms with Crippen molar-refractivity contribution in [3.05, 3.63) is 41.5 Å². The number of hydrogen-bond acceptors (Lipinski definition) is 3. The fourth-order valence-electron chi connectivity index (χ4n) is 4.76. The van der Waals surface area contributed by atoms with Gasteiger partial charge in [-0.1, -0.05) is 48.9 Å². The largest absolute Gasteiger partial charge is 0.490 e. The number of nitrogens with zero attached hydrogens (tertiary/aromatic N) is 1. The average molecular weight is 492 g/mol. The Morgan fingerprint density at radius 2 is 1.65 bits per heavy atom. The van der Waals surface area contributed by atoms with Gasteiger partial charge in [-0.3, -0.25) is 4.79 Å². The standard InChI is InChI=1S/C21H25F3N2O.C2HF3O2/c1-2-15(8-14-6-4-3-5-7-14)17-9-18(17)26(19(27)21(22,23)24)16-10-20(11-16)12-25-13-20;3-2(4,5)1(6)7/h3-8,16-18,25H,2,9-13H2,1H3;(H,6,7)/b15-8+;/t17-,18+;/m0./s1. The second-order valence-corrected chi connectivity index (χ2v) is 9.07. The first-order valence-corrected chi connectivity index (χ1v) is 10.9. The number of carboxylic acid groups (broad SMARTS) is 1. The van der Waals surface area contributed by atoms with Crippen molar-refractivity contribution in [1.82, 2.24) is 10.2 Å². The van der Waals surface area contributed by atoms with Crippen LogP contribution in [0.1, 0.15) is 38.2 Å². The minimum Gasteiger partial charge on any atom is -0.475 e. The molecule has 1 heterocycles. The summed E-state index contributed by atoms with van der Waals surface area (Å²) in [5.41, 5.74) is 2.31. The number of hydrogen-bond donors (Lipinski definition) is 2. The topological polar surface area (TPSA) is 69.6 Å². The van der Waals surface area contributed by atoms with Crippen molar-refractivity contribution in [1.29, 1.82) is 0 Å². The molecule has 1 aliphatic heterocycles. The lowest BCUT2D eigenvalue weighted by Gasteiger charge is -2.57. The number of alkyl halides is 6. The van der Waals surface area contributed by atoms with Gasteiger partial charge in [-0.15, -0.1) is 0 Å². The molecule has 188 valence electrons. The Labute approximate surface area is 192 Å².